The lowest BCUT2D eigenvalue weighted by Gasteiger charge is -2.05. The number of H-pyrrole nitrogens is 1. The van der Waals surface area contributed by atoms with Crippen LogP contribution in [-0.2, 0) is 6.54 Å². The third-order valence-corrected chi connectivity index (χ3v) is 4.52. The highest BCUT2D eigenvalue weighted by Crippen LogP contribution is 2.25. The summed E-state index contributed by atoms with van der Waals surface area (Å²) in [6.45, 7) is 4.71. The first-order valence-electron chi connectivity index (χ1n) is 7.92. The Morgan fingerprint density at radius 3 is 2.80 bits per heavy atom. The number of rotatable bonds is 4. The van der Waals surface area contributed by atoms with Crippen LogP contribution in [0.1, 0.15) is 16.9 Å². The molecule has 0 fully saturated rings. The van der Waals surface area contributed by atoms with E-state index < -0.39 is 0 Å². The third-order valence-electron chi connectivity index (χ3n) is 4.24. The predicted molar refractivity (Wildman–Crippen MR) is 97.3 cm³/mol. The predicted octanol–water partition coefficient (Wildman–Crippen LogP) is 4.05. The maximum atomic E-state index is 5.41. The number of hydrogen-bond acceptors (Lipinski definition) is 4. The second-order valence-electron chi connectivity index (χ2n) is 5.90. The van der Waals surface area contributed by atoms with Gasteiger partial charge in [0.2, 0.25) is 0 Å². The summed E-state index contributed by atoms with van der Waals surface area (Å²) in [5.41, 5.74) is 4.25. The van der Waals surface area contributed by atoms with E-state index in [-0.39, 0.29) is 0 Å². The van der Waals surface area contributed by atoms with E-state index in [0.29, 0.717) is 17.1 Å². The average Bonchev–Trinajstić information content (AvgIpc) is 3.30. The second-order valence-corrected chi connectivity index (χ2v) is 6.29. The molecule has 7 heteroatoms. The molecule has 0 amide bonds. The molecule has 0 saturated carbocycles. The number of nitrogens with zero attached hydrogens (tertiary/aromatic N) is 4. The average molecular weight is 351 g/mol. The number of aromatic nitrogens is 5. The summed E-state index contributed by atoms with van der Waals surface area (Å²) in [7, 11) is 0. The molecule has 4 aromatic rings. The van der Waals surface area contributed by atoms with Gasteiger partial charge in [-0.1, -0.05) is 24.3 Å². The molecule has 0 bridgehead atoms. The molecule has 3 aromatic heterocycles. The van der Waals surface area contributed by atoms with Gasteiger partial charge in [-0.15, -0.1) is 0 Å². The highest BCUT2D eigenvalue weighted by atomic mass is 32.1. The monoisotopic (exact) mass is 351 g/mol. The summed E-state index contributed by atoms with van der Waals surface area (Å²) in [6.07, 6.45) is 5.41. The third kappa shape index (κ3) is 2.83. The first-order valence-corrected chi connectivity index (χ1v) is 8.33. The Hall–Kier alpha value is -2.93. The number of furan rings is 1. The molecular formula is C18H17N5OS. The van der Waals surface area contributed by atoms with Gasteiger partial charge in [0.05, 0.1) is 30.3 Å². The number of nitrogens with one attached hydrogen (secondary N) is 1. The molecule has 1 aromatic carbocycles. The van der Waals surface area contributed by atoms with Gasteiger partial charge in [-0.25, -0.2) is 0 Å². The summed E-state index contributed by atoms with van der Waals surface area (Å²) in [4.78, 5) is 0. The van der Waals surface area contributed by atoms with Crippen molar-refractivity contribution >= 4 is 12.2 Å². The van der Waals surface area contributed by atoms with Crippen LogP contribution in [0.3, 0.4) is 0 Å². The first kappa shape index (κ1) is 15.6. The Morgan fingerprint density at radius 2 is 2.04 bits per heavy atom. The van der Waals surface area contributed by atoms with Crippen LogP contribution in [0, 0.1) is 18.6 Å². The Kier molecular flexibility index (Phi) is 3.85. The molecule has 0 atom stereocenters. The SMILES string of the molecule is Cc1ccccc1Cn1cc(-n2c(-c3ccoc3C)n[nH]c2=S)cn1. The first-order chi connectivity index (χ1) is 12.1. The van der Waals surface area contributed by atoms with Crippen molar-refractivity contribution in [3.8, 4) is 17.1 Å². The molecule has 6 nitrogen and oxygen atoms in total. The number of benzene rings is 1. The van der Waals surface area contributed by atoms with Gasteiger partial charge < -0.3 is 4.42 Å². The smallest absolute Gasteiger partial charge is 0.200 e. The quantitative estimate of drug-likeness (QED) is 0.563. The minimum absolute atomic E-state index is 0.519. The molecule has 0 aliphatic carbocycles. The standard InChI is InChI=1S/C18H17N5OS/c1-12-5-3-4-6-14(12)10-22-11-15(9-19-22)23-17(20-21-18(23)25)16-7-8-24-13(16)2/h3-9,11H,10H2,1-2H3,(H,21,25). The molecule has 0 aliphatic heterocycles. The highest BCUT2D eigenvalue weighted by Gasteiger charge is 2.16. The molecule has 25 heavy (non-hydrogen) atoms. The molecule has 1 N–H and O–H groups in total. The summed E-state index contributed by atoms with van der Waals surface area (Å²) < 4.78 is 9.68. The van der Waals surface area contributed by atoms with E-state index in [1.807, 2.05) is 40.6 Å². The van der Waals surface area contributed by atoms with Crippen molar-refractivity contribution in [1.29, 1.82) is 0 Å². The van der Waals surface area contributed by atoms with Crippen LogP contribution in [0.5, 0.6) is 0 Å². The summed E-state index contributed by atoms with van der Waals surface area (Å²) in [6, 6.07) is 10.2. The Bertz CT molecular complexity index is 1080. The van der Waals surface area contributed by atoms with E-state index in [9.17, 15) is 0 Å². The van der Waals surface area contributed by atoms with E-state index in [1.165, 1.54) is 11.1 Å². The van der Waals surface area contributed by atoms with Crippen LogP contribution >= 0.6 is 12.2 Å². The Morgan fingerprint density at radius 1 is 1.20 bits per heavy atom. The maximum absolute atomic E-state index is 5.41. The zero-order chi connectivity index (χ0) is 17.4. The molecule has 3 heterocycles. The van der Waals surface area contributed by atoms with Crippen molar-refractivity contribution in [2.24, 2.45) is 0 Å². The zero-order valence-corrected chi connectivity index (χ0v) is 14.7. The molecular weight excluding hydrogens is 334 g/mol. The Balaban J connectivity index is 1.72. The van der Waals surface area contributed by atoms with Crippen molar-refractivity contribution in [2.45, 2.75) is 20.4 Å². The molecule has 0 radical (unpaired) electrons. The van der Waals surface area contributed by atoms with Crippen LogP contribution < -0.4 is 0 Å². The highest BCUT2D eigenvalue weighted by molar-refractivity contribution is 7.71. The van der Waals surface area contributed by atoms with Crippen LogP contribution in [0.4, 0.5) is 0 Å². The van der Waals surface area contributed by atoms with Gasteiger partial charge in [0.1, 0.15) is 5.76 Å². The number of aromatic amines is 1. The lowest BCUT2D eigenvalue weighted by Crippen LogP contribution is -2.02. The van der Waals surface area contributed by atoms with Gasteiger partial charge in [-0.05, 0) is 43.3 Å². The molecule has 126 valence electrons. The summed E-state index contributed by atoms with van der Waals surface area (Å²) in [5, 5.41) is 11.7. The Labute approximate surface area is 149 Å². The van der Waals surface area contributed by atoms with Crippen molar-refractivity contribution < 1.29 is 4.42 Å². The summed E-state index contributed by atoms with van der Waals surface area (Å²) in [5.74, 6) is 1.51. The van der Waals surface area contributed by atoms with E-state index in [4.69, 9.17) is 16.6 Å². The van der Waals surface area contributed by atoms with Crippen LogP contribution in [-0.4, -0.2) is 24.5 Å². The number of hydrogen-bond donors (Lipinski definition) is 1. The largest absolute Gasteiger partial charge is 0.469 e. The fraction of sp³-hybridized carbons (Fsp3) is 0.167. The van der Waals surface area contributed by atoms with Gasteiger partial charge >= 0.3 is 0 Å². The zero-order valence-electron chi connectivity index (χ0n) is 13.9. The van der Waals surface area contributed by atoms with Crippen molar-refractivity contribution in [2.75, 3.05) is 0 Å². The maximum Gasteiger partial charge on any atom is 0.200 e. The molecule has 0 saturated heterocycles. The van der Waals surface area contributed by atoms with Gasteiger partial charge in [-0.3, -0.25) is 14.3 Å². The van der Waals surface area contributed by atoms with Gasteiger partial charge in [0.15, 0.2) is 10.6 Å². The minimum atomic E-state index is 0.519. The van der Waals surface area contributed by atoms with Gasteiger partial charge in [0.25, 0.3) is 0 Å². The molecule has 4 rings (SSSR count). The van der Waals surface area contributed by atoms with Gasteiger partial charge in [0, 0.05) is 6.20 Å². The van der Waals surface area contributed by atoms with E-state index >= 15 is 0 Å². The van der Waals surface area contributed by atoms with Crippen molar-refractivity contribution in [3.63, 3.8) is 0 Å². The fourth-order valence-corrected chi connectivity index (χ4v) is 3.09. The molecule has 0 aliphatic rings. The van der Waals surface area contributed by atoms with E-state index in [1.54, 1.807) is 12.5 Å². The van der Waals surface area contributed by atoms with Gasteiger partial charge in [-0.2, -0.15) is 10.2 Å². The fourth-order valence-electron chi connectivity index (χ4n) is 2.85. The molecule has 0 spiro atoms. The van der Waals surface area contributed by atoms with Crippen molar-refractivity contribution in [1.82, 2.24) is 24.5 Å². The lowest BCUT2D eigenvalue weighted by molar-refractivity contribution is 0.535. The van der Waals surface area contributed by atoms with E-state index in [2.05, 4.69) is 34.4 Å². The van der Waals surface area contributed by atoms with Crippen LogP contribution in [0.2, 0.25) is 0 Å². The topological polar surface area (TPSA) is 64.6 Å². The minimum Gasteiger partial charge on any atom is -0.469 e. The van der Waals surface area contributed by atoms with Crippen LogP contribution in [0.25, 0.3) is 17.1 Å². The normalized spacial score (nSPS) is 11.1. The van der Waals surface area contributed by atoms with E-state index in [0.717, 1.165) is 17.0 Å². The second kappa shape index (κ2) is 6.18. The molecule has 0 unspecified atom stereocenters. The summed E-state index contributed by atoms with van der Waals surface area (Å²) >= 11 is 5.41. The lowest BCUT2D eigenvalue weighted by atomic mass is 10.1. The number of aryl methyl sites for hydroxylation is 2. The van der Waals surface area contributed by atoms with Crippen molar-refractivity contribution in [3.05, 3.63) is 70.6 Å². The van der Waals surface area contributed by atoms with Crippen LogP contribution in [0.15, 0.2) is 53.4 Å².